The van der Waals surface area contributed by atoms with Gasteiger partial charge in [0.25, 0.3) is 0 Å². The van der Waals surface area contributed by atoms with Gasteiger partial charge in [-0.3, -0.25) is 4.79 Å². The molecule has 0 rings (SSSR count). The van der Waals surface area contributed by atoms with Gasteiger partial charge < -0.3 is 15.4 Å². The Labute approximate surface area is 86.4 Å². The third-order valence-electron chi connectivity index (χ3n) is 2.01. The molecule has 1 atom stereocenters. The molecule has 0 aliphatic heterocycles. The van der Waals surface area contributed by atoms with Crippen LogP contribution in [0, 0.1) is 0 Å². The van der Waals surface area contributed by atoms with E-state index in [2.05, 4.69) is 0 Å². The molecule has 0 fully saturated rings. The van der Waals surface area contributed by atoms with E-state index >= 15 is 0 Å². The highest BCUT2D eigenvalue weighted by Crippen LogP contribution is 1.98. The van der Waals surface area contributed by atoms with Gasteiger partial charge in [0.1, 0.15) is 0 Å². The molecule has 0 bridgehead atoms. The second-order valence-corrected chi connectivity index (χ2v) is 3.53. The topological polar surface area (TPSA) is 55.6 Å². The molecule has 0 heterocycles. The molecule has 1 amide bonds. The molecule has 0 radical (unpaired) electrons. The molecule has 0 aromatic carbocycles. The Bertz CT molecular complexity index is 160. The lowest BCUT2D eigenvalue weighted by Crippen LogP contribution is -2.31. The van der Waals surface area contributed by atoms with Gasteiger partial charge in [-0.05, 0) is 20.3 Å². The van der Waals surface area contributed by atoms with Crippen molar-refractivity contribution in [3.63, 3.8) is 0 Å². The Morgan fingerprint density at radius 2 is 2.21 bits per heavy atom. The molecule has 0 spiro atoms. The number of nitrogens with two attached hydrogens (primary N) is 1. The smallest absolute Gasteiger partial charge is 0.222 e. The molecular formula is C10H22N2O2. The van der Waals surface area contributed by atoms with E-state index in [0.717, 1.165) is 6.42 Å². The van der Waals surface area contributed by atoms with Crippen LogP contribution >= 0.6 is 0 Å². The average molecular weight is 202 g/mol. The third-order valence-corrected chi connectivity index (χ3v) is 2.01. The molecule has 2 N–H and O–H groups in total. The zero-order chi connectivity index (χ0) is 11.0. The van der Waals surface area contributed by atoms with E-state index in [9.17, 15) is 4.79 Å². The van der Waals surface area contributed by atoms with E-state index in [1.807, 2.05) is 13.8 Å². The van der Waals surface area contributed by atoms with Crippen molar-refractivity contribution in [3.05, 3.63) is 0 Å². The van der Waals surface area contributed by atoms with Gasteiger partial charge in [0.2, 0.25) is 5.91 Å². The highest BCUT2D eigenvalue weighted by atomic mass is 16.5. The van der Waals surface area contributed by atoms with Crippen molar-refractivity contribution in [3.8, 4) is 0 Å². The fraction of sp³-hybridized carbons (Fsp3) is 0.900. The van der Waals surface area contributed by atoms with Gasteiger partial charge in [-0.15, -0.1) is 0 Å². The maximum absolute atomic E-state index is 11.5. The molecule has 0 aromatic rings. The first kappa shape index (κ1) is 13.4. The Balaban J connectivity index is 3.54. The van der Waals surface area contributed by atoms with Gasteiger partial charge in [-0.25, -0.2) is 0 Å². The molecule has 84 valence electrons. The van der Waals surface area contributed by atoms with Crippen LogP contribution in [0.15, 0.2) is 0 Å². The summed E-state index contributed by atoms with van der Waals surface area (Å²) in [6.07, 6.45) is 1.28. The van der Waals surface area contributed by atoms with E-state index < -0.39 is 0 Å². The van der Waals surface area contributed by atoms with E-state index in [1.54, 1.807) is 11.9 Å². The van der Waals surface area contributed by atoms with Gasteiger partial charge in [0, 0.05) is 32.7 Å². The van der Waals surface area contributed by atoms with Crippen LogP contribution in [0.2, 0.25) is 0 Å². The maximum Gasteiger partial charge on any atom is 0.222 e. The number of amides is 1. The van der Waals surface area contributed by atoms with Gasteiger partial charge in [0.05, 0.1) is 6.61 Å². The van der Waals surface area contributed by atoms with Crippen LogP contribution in [0.5, 0.6) is 0 Å². The molecule has 0 saturated heterocycles. The number of hydrogen-bond acceptors (Lipinski definition) is 3. The first-order chi connectivity index (χ1) is 6.57. The first-order valence-electron chi connectivity index (χ1n) is 5.15. The van der Waals surface area contributed by atoms with Gasteiger partial charge >= 0.3 is 0 Å². The van der Waals surface area contributed by atoms with Crippen molar-refractivity contribution in [1.82, 2.24) is 4.90 Å². The predicted octanol–water partition coefficient (Wildman–Crippen LogP) is 0.609. The summed E-state index contributed by atoms with van der Waals surface area (Å²) in [6, 6.07) is 0.0965. The molecule has 14 heavy (non-hydrogen) atoms. The Morgan fingerprint density at radius 1 is 1.57 bits per heavy atom. The second kappa shape index (κ2) is 7.76. The van der Waals surface area contributed by atoms with Crippen molar-refractivity contribution >= 4 is 5.91 Å². The fourth-order valence-electron chi connectivity index (χ4n) is 1.01. The number of ether oxygens (including phenoxy) is 1. The quantitative estimate of drug-likeness (QED) is 0.615. The number of hydrogen-bond donors (Lipinski definition) is 1. The minimum atomic E-state index is 0.0965. The number of carbonyl (C=O) groups excluding carboxylic acids is 1. The van der Waals surface area contributed by atoms with Crippen molar-refractivity contribution in [2.45, 2.75) is 32.7 Å². The highest BCUT2D eigenvalue weighted by molar-refractivity contribution is 5.75. The minimum Gasteiger partial charge on any atom is -0.380 e. The van der Waals surface area contributed by atoms with Gasteiger partial charge in [-0.2, -0.15) is 0 Å². The molecule has 0 saturated carbocycles. The van der Waals surface area contributed by atoms with Crippen LogP contribution in [-0.2, 0) is 9.53 Å². The summed E-state index contributed by atoms with van der Waals surface area (Å²) in [5.41, 5.74) is 5.57. The number of nitrogens with zero attached hydrogens (tertiary/aromatic N) is 1. The van der Waals surface area contributed by atoms with Crippen molar-refractivity contribution in [2.75, 3.05) is 26.8 Å². The van der Waals surface area contributed by atoms with E-state index in [0.29, 0.717) is 26.2 Å². The van der Waals surface area contributed by atoms with E-state index in [1.165, 1.54) is 0 Å². The second-order valence-electron chi connectivity index (χ2n) is 3.53. The molecule has 1 unspecified atom stereocenters. The SMILES string of the molecule is CCOCCN(C)C(=O)CCC(C)N. The average Bonchev–Trinajstić information content (AvgIpc) is 2.14. The molecule has 0 aromatic heterocycles. The Kier molecular flexibility index (Phi) is 7.42. The highest BCUT2D eigenvalue weighted by Gasteiger charge is 2.08. The predicted molar refractivity (Wildman–Crippen MR) is 57.0 cm³/mol. The maximum atomic E-state index is 11.5. The first-order valence-corrected chi connectivity index (χ1v) is 5.15. The van der Waals surface area contributed by atoms with Crippen LogP contribution in [-0.4, -0.2) is 43.7 Å². The number of carbonyl (C=O) groups is 1. The van der Waals surface area contributed by atoms with Crippen molar-refractivity contribution in [1.29, 1.82) is 0 Å². The standard InChI is InChI=1S/C10H22N2O2/c1-4-14-8-7-12(3)10(13)6-5-9(2)11/h9H,4-8,11H2,1-3H3. The summed E-state index contributed by atoms with van der Waals surface area (Å²) < 4.78 is 5.16. The Hall–Kier alpha value is -0.610. The monoisotopic (exact) mass is 202 g/mol. The summed E-state index contributed by atoms with van der Waals surface area (Å²) in [5.74, 6) is 0.141. The van der Waals surface area contributed by atoms with Crippen LogP contribution in [0.4, 0.5) is 0 Å². The van der Waals surface area contributed by atoms with Crippen molar-refractivity contribution in [2.24, 2.45) is 5.73 Å². The summed E-state index contributed by atoms with van der Waals surface area (Å²) >= 11 is 0. The number of likely N-dealkylation sites (N-methyl/N-ethyl adjacent to an activating group) is 1. The van der Waals surface area contributed by atoms with Gasteiger partial charge in [0.15, 0.2) is 0 Å². The van der Waals surface area contributed by atoms with E-state index in [-0.39, 0.29) is 11.9 Å². The lowest BCUT2D eigenvalue weighted by molar-refractivity contribution is -0.130. The summed E-state index contributed by atoms with van der Waals surface area (Å²) in [6.45, 7) is 5.82. The van der Waals surface area contributed by atoms with Crippen LogP contribution in [0.25, 0.3) is 0 Å². The fourth-order valence-corrected chi connectivity index (χ4v) is 1.01. The molecule has 0 aliphatic carbocycles. The van der Waals surface area contributed by atoms with Gasteiger partial charge in [-0.1, -0.05) is 0 Å². The summed E-state index contributed by atoms with van der Waals surface area (Å²) in [5, 5.41) is 0. The molecule has 4 nitrogen and oxygen atoms in total. The zero-order valence-electron chi connectivity index (χ0n) is 9.45. The lowest BCUT2D eigenvalue weighted by Gasteiger charge is -2.17. The van der Waals surface area contributed by atoms with Crippen LogP contribution in [0.3, 0.4) is 0 Å². The lowest BCUT2D eigenvalue weighted by atomic mass is 10.2. The largest absolute Gasteiger partial charge is 0.380 e. The zero-order valence-corrected chi connectivity index (χ0v) is 9.45. The van der Waals surface area contributed by atoms with Crippen LogP contribution in [0.1, 0.15) is 26.7 Å². The normalized spacial score (nSPS) is 12.6. The van der Waals surface area contributed by atoms with Crippen molar-refractivity contribution < 1.29 is 9.53 Å². The van der Waals surface area contributed by atoms with Crippen LogP contribution < -0.4 is 5.73 Å². The molecular weight excluding hydrogens is 180 g/mol. The summed E-state index contributed by atoms with van der Waals surface area (Å²) in [4.78, 5) is 13.1. The number of rotatable bonds is 7. The Morgan fingerprint density at radius 3 is 2.71 bits per heavy atom. The molecule has 0 aliphatic rings. The minimum absolute atomic E-state index is 0.0965. The van der Waals surface area contributed by atoms with E-state index in [4.69, 9.17) is 10.5 Å². The molecule has 4 heteroatoms. The third kappa shape index (κ3) is 6.86. The summed E-state index contributed by atoms with van der Waals surface area (Å²) in [7, 11) is 1.79.